The lowest BCUT2D eigenvalue weighted by Crippen LogP contribution is -2.59. The van der Waals surface area contributed by atoms with Gasteiger partial charge in [0.05, 0.1) is 5.60 Å². The van der Waals surface area contributed by atoms with Crippen LogP contribution in [0.25, 0.3) is 0 Å². The summed E-state index contributed by atoms with van der Waals surface area (Å²) in [5.74, 6) is 0.161. The molecule has 1 saturated heterocycles. The Bertz CT molecular complexity index is 832. The molecule has 2 aliphatic heterocycles. The standard InChI is InChI=1S/C23H33N3O4/c1-3-26-20(28)22(24-21(26)29)10-12-23(30,13-11-22)19-6-4-5-17-15-18(27)8-7-16(17)9-14-25(19)2/h7-8,15,19,27,30H,3-6,9-14H2,1-2H3,(H,24,29)/t19-,22?,23?/m1/s1. The largest absolute Gasteiger partial charge is 0.508 e. The van der Waals surface area contributed by atoms with Crippen LogP contribution in [-0.2, 0) is 17.6 Å². The molecule has 7 heteroatoms. The van der Waals surface area contributed by atoms with Crippen molar-refractivity contribution in [1.82, 2.24) is 15.1 Å². The highest BCUT2D eigenvalue weighted by molar-refractivity contribution is 6.07. The van der Waals surface area contributed by atoms with Crippen LogP contribution in [0.1, 0.15) is 56.6 Å². The second-order valence-corrected chi connectivity index (χ2v) is 9.26. The number of amides is 3. The predicted octanol–water partition coefficient (Wildman–Crippen LogP) is 2.19. The van der Waals surface area contributed by atoms with E-state index in [1.807, 2.05) is 12.1 Å². The maximum atomic E-state index is 12.8. The molecule has 2 heterocycles. The van der Waals surface area contributed by atoms with Crippen molar-refractivity contribution >= 4 is 11.9 Å². The van der Waals surface area contributed by atoms with Gasteiger partial charge >= 0.3 is 6.03 Å². The zero-order valence-corrected chi connectivity index (χ0v) is 18.0. The Kier molecular flexibility index (Phi) is 5.53. The Morgan fingerprint density at radius 2 is 1.87 bits per heavy atom. The summed E-state index contributed by atoms with van der Waals surface area (Å²) in [6.45, 7) is 3.01. The number of rotatable bonds is 2. The molecule has 3 amide bonds. The van der Waals surface area contributed by atoms with Crippen LogP contribution >= 0.6 is 0 Å². The number of aromatic hydroxyl groups is 1. The van der Waals surface area contributed by atoms with Gasteiger partial charge in [-0.15, -0.1) is 0 Å². The van der Waals surface area contributed by atoms with Crippen LogP contribution in [0.2, 0.25) is 0 Å². The summed E-state index contributed by atoms with van der Waals surface area (Å²) in [7, 11) is 2.07. The van der Waals surface area contributed by atoms with Crippen molar-refractivity contribution in [1.29, 1.82) is 0 Å². The summed E-state index contributed by atoms with van der Waals surface area (Å²) < 4.78 is 0. The maximum absolute atomic E-state index is 12.8. The Balaban J connectivity index is 1.48. The lowest BCUT2D eigenvalue weighted by molar-refractivity contribution is -0.136. The van der Waals surface area contributed by atoms with Gasteiger partial charge in [0.25, 0.3) is 5.91 Å². The van der Waals surface area contributed by atoms with Gasteiger partial charge in [-0.2, -0.15) is 0 Å². The fourth-order valence-electron chi connectivity index (χ4n) is 5.67. The number of phenolic OH excluding ortho intramolecular Hbond substituents is 1. The van der Waals surface area contributed by atoms with Gasteiger partial charge in [0.15, 0.2) is 0 Å². The minimum absolute atomic E-state index is 0.00671. The summed E-state index contributed by atoms with van der Waals surface area (Å²) in [5.41, 5.74) is 0.736. The van der Waals surface area contributed by atoms with Crippen molar-refractivity contribution in [2.45, 2.75) is 75.5 Å². The van der Waals surface area contributed by atoms with Crippen LogP contribution in [-0.4, -0.2) is 69.3 Å². The van der Waals surface area contributed by atoms with Crippen molar-refractivity contribution in [3.63, 3.8) is 0 Å². The molecule has 2 fully saturated rings. The van der Waals surface area contributed by atoms with Gasteiger partial charge in [-0.1, -0.05) is 6.07 Å². The lowest BCUT2D eigenvalue weighted by Gasteiger charge is -2.47. The number of aliphatic hydroxyl groups is 1. The van der Waals surface area contributed by atoms with Gasteiger partial charge in [0, 0.05) is 19.1 Å². The summed E-state index contributed by atoms with van der Waals surface area (Å²) in [4.78, 5) is 28.5. The molecule has 1 saturated carbocycles. The number of nitrogens with one attached hydrogen (secondary N) is 1. The third-order valence-electron chi connectivity index (χ3n) is 7.53. The number of nitrogens with zero attached hydrogens (tertiary/aromatic N) is 2. The van der Waals surface area contributed by atoms with Crippen LogP contribution in [0.5, 0.6) is 5.75 Å². The van der Waals surface area contributed by atoms with Crippen LogP contribution in [0.15, 0.2) is 18.2 Å². The topological polar surface area (TPSA) is 93.1 Å². The lowest BCUT2D eigenvalue weighted by atomic mass is 9.69. The molecular formula is C23H33N3O4. The van der Waals surface area contributed by atoms with Gasteiger partial charge in [0.2, 0.25) is 0 Å². The maximum Gasteiger partial charge on any atom is 0.325 e. The molecule has 30 heavy (non-hydrogen) atoms. The molecule has 0 unspecified atom stereocenters. The highest BCUT2D eigenvalue weighted by Gasteiger charge is 2.56. The minimum atomic E-state index is -0.872. The number of benzene rings is 1. The first-order chi connectivity index (χ1) is 14.3. The highest BCUT2D eigenvalue weighted by atomic mass is 16.3. The first-order valence-corrected chi connectivity index (χ1v) is 11.2. The number of urea groups is 1. The van der Waals surface area contributed by atoms with E-state index in [1.54, 1.807) is 13.0 Å². The van der Waals surface area contributed by atoms with Crippen LogP contribution in [0, 0.1) is 0 Å². The summed E-state index contributed by atoms with van der Waals surface area (Å²) in [6, 6.07) is 5.31. The Morgan fingerprint density at radius 3 is 2.53 bits per heavy atom. The molecule has 0 radical (unpaired) electrons. The van der Waals surface area contributed by atoms with Crippen molar-refractivity contribution in [2.24, 2.45) is 0 Å². The number of phenols is 1. The van der Waals surface area contributed by atoms with E-state index in [2.05, 4.69) is 17.3 Å². The molecule has 4 rings (SSSR count). The highest BCUT2D eigenvalue weighted by Crippen LogP contribution is 2.42. The Morgan fingerprint density at radius 1 is 1.13 bits per heavy atom. The van der Waals surface area contributed by atoms with Crippen molar-refractivity contribution in [3.8, 4) is 5.75 Å². The number of carbonyl (C=O) groups excluding carboxylic acids is 2. The molecule has 164 valence electrons. The van der Waals surface area contributed by atoms with E-state index in [0.717, 1.165) is 32.2 Å². The molecule has 1 aliphatic carbocycles. The second kappa shape index (κ2) is 7.85. The van der Waals surface area contributed by atoms with Gasteiger partial charge < -0.3 is 20.4 Å². The Labute approximate surface area is 178 Å². The fourth-order valence-corrected chi connectivity index (χ4v) is 5.67. The van der Waals surface area contributed by atoms with Gasteiger partial charge in [-0.05, 0) is 88.6 Å². The first-order valence-electron chi connectivity index (χ1n) is 11.2. The number of hydrogen-bond acceptors (Lipinski definition) is 5. The predicted molar refractivity (Wildman–Crippen MR) is 113 cm³/mol. The third-order valence-corrected chi connectivity index (χ3v) is 7.53. The SMILES string of the molecule is CCN1C(=O)NC2(CCC(O)([C@H]3CCCc4cc(O)ccc4CCN3C)CC2)C1=O. The molecule has 1 aromatic rings. The van der Waals surface area contributed by atoms with E-state index in [-0.39, 0.29) is 18.0 Å². The molecule has 0 aromatic heterocycles. The molecule has 3 N–H and O–H groups in total. The van der Waals surface area contributed by atoms with E-state index < -0.39 is 11.1 Å². The number of likely N-dealkylation sites (N-methyl/N-ethyl adjacent to an activating group) is 2. The Hall–Kier alpha value is -2.12. The normalized spacial score (nSPS) is 33.0. The number of carbonyl (C=O) groups is 2. The van der Waals surface area contributed by atoms with Gasteiger partial charge in [-0.3, -0.25) is 9.69 Å². The summed E-state index contributed by atoms with van der Waals surface area (Å²) in [6.07, 6.45) is 5.50. The zero-order chi connectivity index (χ0) is 21.5. The number of hydrogen-bond donors (Lipinski definition) is 3. The smallest absolute Gasteiger partial charge is 0.325 e. The molecule has 3 aliphatic rings. The van der Waals surface area contributed by atoms with Crippen molar-refractivity contribution in [3.05, 3.63) is 29.3 Å². The number of fused-ring (bicyclic) bond motifs is 1. The van der Waals surface area contributed by atoms with Gasteiger partial charge in [0.1, 0.15) is 11.3 Å². The molecular weight excluding hydrogens is 382 g/mol. The minimum Gasteiger partial charge on any atom is -0.508 e. The van der Waals surface area contributed by atoms with Crippen LogP contribution in [0.4, 0.5) is 4.79 Å². The molecule has 1 spiro atoms. The molecule has 0 bridgehead atoms. The van der Waals surface area contributed by atoms with Crippen molar-refractivity contribution < 1.29 is 19.8 Å². The monoisotopic (exact) mass is 415 g/mol. The summed E-state index contributed by atoms with van der Waals surface area (Å²) in [5, 5.41) is 24.4. The second-order valence-electron chi connectivity index (χ2n) is 9.26. The number of aryl methyl sites for hydroxylation is 1. The third kappa shape index (κ3) is 3.58. The van der Waals surface area contributed by atoms with Crippen LogP contribution in [0.3, 0.4) is 0 Å². The average molecular weight is 416 g/mol. The fraction of sp³-hybridized carbons (Fsp3) is 0.652. The number of imide groups is 1. The molecule has 1 atom stereocenters. The van der Waals surface area contributed by atoms with E-state index in [9.17, 15) is 19.8 Å². The van der Waals surface area contributed by atoms with Crippen LogP contribution < -0.4 is 5.32 Å². The molecule has 7 nitrogen and oxygen atoms in total. The van der Waals surface area contributed by atoms with E-state index in [1.165, 1.54) is 16.0 Å². The zero-order valence-electron chi connectivity index (χ0n) is 18.0. The van der Waals surface area contributed by atoms with Gasteiger partial charge in [-0.25, -0.2) is 4.79 Å². The molecule has 1 aromatic carbocycles. The van der Waals surface area contributed by atoms with E-state index >= 15 is 0 Å². The summed E-state index contributed by atoms with van der Waals surface area (Å²) >= 11 is 0. The van der Waals surface area contributed by atoms with E-state index in [0.29, 0.717) is 38.0 Å². The van der Waals surface area contributed by atoms with Crippen molar-refractivity contribution in [2.75, 3.05) is 20.1 Å². The first kappa shape index (κ1) is 21.1. The van der Waals surface area contributed by atoms with E-state index in [4.69, 9.17) is 0 Å². The quantitative estimate of drug-likeness (QED) is 0.644. The average Bonchev–Trinajstić information content (AvgIpc) is 2.99.